The monoisotopic (exact) mass is 281 g/mol. The SMILES string of the molecule is Cc1ccccc1C=C1N=C(c2ccc(F)cc2)OC1=O. The standard InChI is InChI=1S/C17H12FNO2/c1-11-4-2-3-5-13(11)10-15-17(20)21-16(19-15)12-6-8-14(18)9-7-12/h2-10H,1H3. The van der Waals surface area contributed by atoms with Gasteiger partial charge in [-0.25, -0.2) is 14.2 Å². The molecule has 0 fully saturated rings. The highest BCUT2D eigenvalue weighted by Crippen LogP contribution is 2.20. The Kier molecular flexibility index (Phi) is 3.36. The van der Waals surface area contributed by atoms with Gasteiger partial charge in [0.25, 0.3) is 0 Å². The molecule has 0 spiro atoms. The highest BCUT2D eigenvalue weighted by Gasteiger charge is 2.24. The van der Waals surface area contributed by atoms with E-state index in [1.807, 2.05) is 31.2 Å². The molecule has 0 saturated carbocycles. The molecule has 0 unspecified atom stereocenters. The van der Waals surface area contributed by atoms with E-state index in [1.165, 1.54) is 24.3 Å². The minimum absolute atomic E-state index is 0.194. The summed E-state index contributed by atoms with van der Waals surface area (Å²) in [4.78, 5) is 16.1. The molecule has 0 aromatic heterocycles. The fraction of sp³-hybridized carbons (Fsp3) is 0.0588. The van der Waals surface area contributed by atoms with Crippen LogP contribution in [-0.4, -0.2) is 11.9 Å². The topological polar surface area (TPSA) is 38.7 Å². The van der Waals surface area contributed by atoms with Crippen LogP contribution in [0.1, 0.15) is 16.7 Å². The summed E-state index contributed by atoms with van der Waals surface area (Å²) in [5.74, 6) is -0.656. The molecule has 21 heavy (non-hydrogen) atoms. The maximum absolute atomic E-state index is 12.9. The molecule has 4 heteroatoms. The number of nitrogens with zero attached hydrogens (tertiary/aromatic N) is 1. The largest absolute Gasteiger partial charge is 0.402 e. The lowest BCUT2D eigenvalue weighted by Crippen LogP contribution is -2.05. The Morgan fingerprint density at radius 3 is 2.52 bits per heavy atom. The first-order chi connectivity index (χ1) is 10.1. The van der Waals surface area contributed by atoms with Crippen molar-refractivity contribution in [3.63, 3.8) is 0 Å². The summed E-state index contributed by atoms with van der Waals surface area (Å²) >= 11 is 0. The van der Waals surface area contributed by atoms with Crippen molar-refractivity contribution < 1.29 is 13.9 Å². The summed E-state index contributed by atoms with van der Waals surface area (Å²) < 4.78 is 18.0. The van der Waals surface area contributed by atoms with Crippen LogP contribution in [0, 0.1) is 12.7 Å². The van der Waals surface area contributed by atoms with E-state index in [2.05, 4.69) is 4.99 Å². The summed E-state index contributed by atoms with van der Waals surface area (Å²) in [6, 6.07) is 13.3. The van der Waals surface area contributed by atoms with Gasteiger partial charge in [0.15, 0.2) is 5.70 Å². The molecule has 1 heterocycles. The van der Waals surface area contributed by atoms with Crippen LogP contribution in [0.5, 0.6) is 0 Å². The second kappa shape index (κ2) is 5.32. The Balaban J connectivity index is 1.96. The van der Waals surface area contributed by atoms with Crippen molar-refractivity contribution in [2.75, 3.05) is 0 Å². The normalized spacial score (nSPS) is 16.0. The van der Waals surface area contributed by atoms with E-state index >= 15 is 0 Å². The van der Waals surface area contributed by atoms with Gasteiger partial charge in [0, 0.05) is 5.56 Å². The first kappa shape index (κ1) is 13.2. The number of ether oxygens (including phenoxy) is 1. The predicted molar refractivity (Wildman–Crippen MR) is 78.2 cm³/mol. The molecule has 0 saturated heterocycles. The number of benzene rings is 2. The number of cyclic esters (lactones) is 1. The maximum Gasteiger partial charge on any atom is 0.363 e. The number of carbonyl (C=O) groups is 1. The van der Waals surface area contributed by atoms with Gasteiger partial charge in [-0.1, -0.05) is 24.3 Å². The number of aliphatic imine (C=N–C) groups is 1. The number of carbonyl (C=O) groups excluding carboxylic acids is 1. The number of aryl methyl sites for hydroxylation is 1. The average Bonchev–Trinajstić information content (AvgIpc) is 2.83. The molecular weight excluding hydrogens is 269 g/mol. The smallest absolute Gasteiger partial charge is 0.363 e. The Morgan fingerprint density at radius 2 is 1.81 bits per heavy atom. The Labute approximate surface area is 121 Å². The van der Waals surface area contributed by atoms with E-state index in [-0.39, 0.29) is 17.4 Å². The van der Waals surface area contributed by atoms with E-state index in [0.29, 0.717) is 5.56 Å². The van der Waals surface area contributed by atoms with Crippen LogP contribution in [0.3, 0.4) is 0 Å². The lowest BCUT2D eigenvalue weighted by Gasteiger charge is -1.98. The van der Waals surface area contributed by atoms with E-state index in [1.54, 1.807) is 6.08 Å². The third kappa shape index (κ3) is 2.74. The number of hydrogen-bond acceptors (Lipinski definition) is 3. The number of hydrogen-bond donors (Lipinski definition) is 0. The first-order valence-electron chi connectivity index (χ1n) is 6.47. The minimum Gasteiger partial charge on any atom is -0.402 e. The Morgan fingerprint density at radius 1 is 1.10 bits per heavy atom. The summed E-state index contributed by atoms with van der Waals surface area (Å²) in [6.45, 7) is 1.96. The zero-order valence-electron chi connectivity index (χ0n) is 11.3. The molecule has 0 N–H and O–H groups in total. The van der Waals surface area contributed by atoms with Gasteiger partial charge in [0.1, 0.15) is 5.82 Å². The van der Waals surface area contributed by atoms with Gasteiger partial charge in [-0.05, 0) is 48.4 Å². The molecule has 0 aliphatic carbocycles. The summed E-state index contributed by atoms with van der Waals surface area (Å²) in [7, 11) is 0. The average molecular weight is 281 g/mol. The molecule has 3 rings (SSSR count). The third-order valence-corrected chi connectivity index (χ3v) is 3.19. The number of esters is 1. The van der Waals surface area contributed by atoms with E-state index < -0.39 is 5.97 Å². The molecule has 0 amide bonds. The van der Waals surface area contributed by atoms with E-state index in [0.717, 1.165) is 11.1 Å². The van der Waals surface area contributed by atoms with Crippen LogP contribution in [0.15, 0.2) is 59.2 Å². The van der Waals surface area contributed by atoms with Crippen molar-refractivity contribution >= 4 is 17.9 Å². The van der Waals surface area contributed by atoms with Crippen molar-refractivity contribution in [3.8, 4) is 0 Å². The zero-order chi connectivity index (χ0) is 14.8. The Hall–Kier alpha value is -2.75. The van der Waals surface area contributed by atoms with E-state index in [9.17, 15) is 9.18 Å². The van der Waals surface area contributed by atoms with Gasteiger partial charge in [-0.2, -0.15) is 0 Å². The summed E-state index contributed by atoms with van der Waals surface area (Å²) in [5.41, 5.74) is 2.76. The predicted octanol–water partition coefficient (Wildman–Crippen LogP) is 3.48. The van der Waals surface area contributed by atoms with Crippen molar-refractivity contribution in [2.45, 2.75) is 6.92 Å². The molecule has 2 aromatic rings. The van der Waals surface area contributed by atoms with E-state index in [4.69, 9.17) is 4.74 Å². The van der Waals surface area contributed by atoms with Gasteiger partial charge in [-0.15, -0.1) is 0 Å². The van der Waals surface area contributed by atoms with Crippen LogP contribution in [-0.2, 0) is 9.53 Å². The first-order valence-corrected chi connectivity index (χ1v) is 6.47. The minimum atomic E-state index is -0.502. The molecule has 104 valence electrons. The Bertz CT molecular complexity index is 761. The van der Waals surface area contributed by atoms with Crippen molar-refractivity contribution in [1.82, 2.24) is 0 Å². The molecule has 3 nitrogen and oxygen atoms in total. The molecular formula is C17H12FNO2. The molecule has 2 aromatic carbocycles. The van der Waals surface area contributed by atoms with Gasteiger partial charge in [0.2, 0.25) is 5.90 Å². The van der Waals surface area contributed by atoms with Crippen molar-refractivity contribution in [1.29, 1.82) is 0 Å². The van der Waals surface area contributed by atoms with Crippen molar-refractivity contribution in [3.05, 3.63) is 76.7 Å². The molecule has 0 bridgehead atoms. The zero-order valence-corrected chi connectivity index (χ0v) is 11.3. The van der Waals surface area contributed by atoms with Crippen molar-refractivity contribution in [2.24, 2.45) is 4.99 Å². The molecule has 0 radical (unpaired) electrons. The van der Waals surface area contributed by atoms with Gasteiger partial charge >= 0.3 is 5.97 Å². The lowest BCUT2D eigenvalue weighted by molar-refractivity contribution is -0.129. The highest BCUT2D eigenvalue weighted by atomic mass is 19.1. The van der Waals surface area contributed by atoms with Crippen LogP contribution in [0.25, 0.3) is 6.08 Å². The molecule has 1 aliphatic rings. The molecule has 0 atom stereocenters. The van der Waals surface area contributed by atoms with Crippen LogP contribution < -0.4 is 0 Å². The third-order valence-electron chi connectivity index (χ3n) is 3.19. The lowest BCUT2D eigenvalue weighted by atomic mass is 10.1. The molecule has 1 aliphatic heterocycles. The number of halogens is 1. The quantitative estimate of drug-likeness (QED) is 0.624. The second-order valence-corrected chi connectivity index (χ2v) is 4.70. The summed E-state index contributed by atoms with van der Waals surface area (Å²) in [5, 5.41) is 0. The summed E-state index contributed by atoms with van der Waals surface area (Å²) in [6.07, 6.45) is 1.69. The van der Waals surface area contributed by atoms with Gasteiger partial charge in [-0.3, -0.25) is 0 Å². The van der Waals surface area contributed by atoms with Crippen LogP contribution >= 0.6 is 0 Å². The second-order valence-electron chi connectivity index (χ2n) is 4.70. The number of rotatable bonds is 2. The van der Waals surface area contributed by atoms with Crippen LogP contribution in [0.4, 0.5) is 4.39 Å². The van der Waals surface area contributed by atoms with Gasteiger partial charge in [0.05, 0.1) is 0 Å². The van der Waals surface area contributed by atoms with Crippen LogP contribution in [0.2, 0.25) is 0 Å². The maximum atomic E-state index is 12.9. The fourth-order valence-corrected chi connectivity index (χ4v) is 2.02. The fourth-order valence-electron chi connectivity index (χ4n) is 2.02. The van der Waals surface area contributed by atoms with Gasteiger partial charge < -0.3 is 4.74 Å². The highest BCUT2D eigenvalue weighted by molar-refractivity contribution is 6.12.